The van der Waals surface area contributed by atoms with E-state index in [1.165, 1.54) is 0 Å². The number of amides is 1. The molecule has 0 aromatic carbocycles. The molecule has 18 heavy (non-hydrogen) atoms. The first-order valence-electron chi connectivity index (χ1n) is 5.97. The van der Waals surface area contributed by atoms with Crippen molar-refractivity contribution in [2.75, 3.05) is 18.8 Å². The molecule has 1 heterocycles. The van der Waals surface area contributed by atoms with Gasteiger partial charge >= 0.3 is 0 Å². The molecule has 0 saturated carbocycles. The summed E-state index contributed by atoms with van der Waals surface area (Å²) >= 11 is 0. The molecule has 1 unspecified atom stereocenters. The Morgan fingerprint density at radius 2 is 2.00 bits per heavy atom. The van der Waals surface area contributed by atoms with Crippen molar-refractivity contribution >= 4 is 28.2 Å². The summed E-state index contributed by atoms with van der Waals surface area (Å²) in [7, 11) is -3.15. The lowest BCUT2D eigenvalue weighted by Crippen LogP contribution is -2.43. The summed E-state index contributed by atoms with van der Waals surface area (Å²) in [6, 6.07) is -0.146. The second-order valence-corrected chi connectivity index (χ2v) is 8.23. The molecular formula is C11H23ClN2O3S. The Morgan fingerprint density at radius 3 is 2.44 bits per heavy atom. The quantitative estimate of drug-likeness (QED) is 0.792. The Labute approximate surface area is 115 Å². The molecule has 1 saturated heterocycles. The lowest BCUT2D eigenvalue weighted by Gasteiger charge is -2.19. The maximum Gasteiger partial charge on any atom is 0.237 e. The molecule has 1 aliphatic heterocycles. The average Bonchev–Trinajstić information content (AvgIpc) is 2.67. The Morgan fingerprint density at radius 1 is 1.39 bits per heavy atom. The molecule has 1 amide bonds. The van der Waals surface area contributed by atoms with Gasteiger partial charge in [-0.3, -0.25) is 4.79 Å². The number of rotatable bonds is 4. The second-order valence-electron chi connectivity index (χ2n) is 5.37. The summed E-state index contributed by atoms with van der Waals surface area (Å²) in [5.41, 5.74) is 0. The minimum Gasteiger partial charge on any atom is -0.354 e. The molecule has 1 atom stereocenters. The smallest absolute Gasteiger partial charge is 0.237 e. The number of carbonyl (C=O) groups is 1. The van der Waals surface area contributed by atoms with Crippen LogP contribution in [0.4, 0.5) is 0 Å². The van der Waals surface area contributed by atoms with Crippen molar-refractivity contribution in [3.05, 3.63) is 0 Å². The molecule has 108 valence electrons. The summed E-state index contributed by atoms with van der Waals surface area (Å²) < 4.78 is 22.8. The van der Waals surface area contributed by atoms with E-state index in [1.807, 2.05) is 0 Å². The van der Waals surface area contributed by atoms with Gasteiger partial charge in [-0.25, -0.2) is 8.42 Å². The van der Waals surface area contributed by atoms with Crippen molar-refractivity contribution in [2.45, 2.75) is 44.4 Å². The fraction of sp³-hybridized carbons (Fsp3) is 0.909. The molecule has 7 heteroatoms. The standard InChI is InChI=1S/C11H22N2O3S.ClH/c1-11(2,3)17(15,16)8-7-13-10(14)9-5-4-6-12-9;/h9,12H,4-8H2,1-3H3,(H,13,14);1H. The lowest BCUT2D eigenvalue weighted by atomic mass is 10.2. The molecule has 0 bridgehead atoms. The van der Waals surface area contributed by atoms with Gasteiger partial charge < -0.3 is 10.6 Å². The van der Waals surface area contributed by atoms with Gasteiger partial charge in [-0.15, -0.1) is 12.4 Å². The van der Waals surface area contributed by atoms with E-state index in [4.69, 9.17) is 0 Å². The summed E-state index contributed by atoms with van der Waals surface area (Å²) in [6.45, 7) is 6.06. The largest absolute Gasteiger partial charge is 0.354 e. The highest BCUT2D eigenvalue weighted by Gasteiger charge is 2.29. The van der Waals surface area contributed by atoms with Crippen LogP contribution in [0.25, 0.3) is 0 Å². The zero-order valence-corrected chi connectivity index (χ0v) is 12.8. The minimum absolute atomic E-state index is 0. The Hall–Kier alpha value is -0.330. The van der Waals surface area contributed by atoms with E-state index < -0.39 is 14.6 Å². The third-order valence-electron chi connectivity index (χ3n) is 2.98. The molecule has 0 aliphatic carbocycles. The summed E-state index contributed by atoms with van der Waals surface area (Å²) in [6.07, 6.45) is 1.83. The Bertz CT molecular complexity index is 370. The topological polar surface area (TPSA) is 75.3 Å². The third kappa shape index (κ3) is 4.74. The molecule has 0 radical (unpaired) electrons. The molecule has 0 aromatic rings. The van der Waals surface area contributed by atoms with Gasteiger partial charge in [-0.05, 0) is 40.2 Å². The highest BCUT2D eigenvalue weighted by atomic mass is 35.5. The summed E-state index contributed by atoms with van der Waals surface area (Å²) in [5, 5.41) is 5.74. The molecule has 0 aromatic heterocycles. The molecule has 2 N–H and O–H groups in total. The molecular weight excluding hydrogens is 276 g/mol. The molecule has 1 rings (SSSR count). The van der Waals surface area contributed by atoms with Crippen LogP contribution in [-0.4, -0.2) is 44.0 Å². The summed E-state index contributed by atoms with van der Waals surface area (Å²) in [4.78, 5) is 11.6. The van der Waals surface area contributed by atoms with E-state index in [-0.39, 0.29) is 36.7 Å². The van der Waals surface area contributed by atoms with Crippen LogP contribution in [0.1, 0.15) is 33.6 Å². The monoisotopic (exact) mass is 298 g/mol. The zero-order chi connectivity index (χ0) is 13.1. The van der Waals surface area contributed by atoms with Crippen LogP contribution in [0.3, 0.4) is 0 Å². The van der Waals surface area contributed by atoms with E-state index >= 15 is 0 Å². The van der Waals surface area contributed by atoms with E-state index in [9.17, 15) is 13.2 Å². The summed E-state index contributed by atoms with van der Waals surface area (Å²) in [5.74, 6) is -0.0961. The molecule has 1 aliphatic rings. The number of hydrogen-bond acceptors (Lipinski definition) is 4. The fourth-order valence-electron chi connectivity index (χ4n) is 1.65. The number of carbonyl (C=O) groups excluding carboxylic acids is 1. The molecule has 0 spiro atoms. The van der Waals surface area contributed by atoms with E-state index in [0.29, 0.717) is 0 Å². The first-order valence-corrected chi connectivity index (χ1v) is 7.63. The second kappa shape index (κ2) is 6.73. The van der Waals surface area contributed by atoms with Gasteiger partial charge in [0.05, 0.1) is 16.5 Å². The molecule has 1 fully saturated rings. The number of sulfone groups is 1. The third-order valence-corrected chi connectivity index (χ3v) is 5.59. The Kier molecular flexibility index (Phi) is 6.60. The number of hydrogen-bond donors (Lipinski definition) is 2. The highest BCUT2D eigenvalue weighted by Crippen LogP contribution is 2.15. The van der Waals surface area contributed by atoms with Gasteiger partial charge in [-0.1, -0.05) is 0 Å². The number of nitrogens with one attached hydrogen (secondary N) is 2. The maximum atomic E-state index is 11.8. The Balaban J connectivity index is 0.00000289. The van der Waals surface area contributed by atoms with Crippen LogP contribution < -0.4 is 10.6 Å². The van der Waals surface area contributed by atoms with Crippen LogP contribution in [0, 0.1) is 0 Å². The van der Waals surface area contributed by atoms with Crippen LogP contribution in [0.5, 0.6) is 0 Å². The van der Waals surface area contributed by atoms with Crippen LogP contribution in [0.15, 0.2) is 0 Å². The van der Waals surface area contributed by atoms with Crippen LogP contribution in [0.2, 0.25) is 0 Å². The van der Waals surface area contributed by atoms with Gasteiger partial charge in [0.2, 0.25) is 5.91 Å². The number of halogens is 1. The highest BCUT2D eigenvalue weighted by molar-refractivity contribution is 7.92. The van der Waals surface area contributed by atoms with Gasteiger partial charge in [0.25, 0.3) is 0 Å². The maximum absolute atomic E-state index is 11.8. The van der Waals surface area contributed by atoms with Crippen molar-refractivity contribution in [3.63, 3.8) is 0 Å². The van der Waals surface area contributed by atoms with Crippen molar-refractivity contribution in [2.24, 2.45) is 0 Å². The SMILES string of the molecule is CC(C)(C)S(=O)(=O)CCNC(=O)C1CCCN1.Cl. The van der Waals surface area contributed by atoms with Crippen molar-refractivity contribution in [1.29, 1.82) is 0 Å². The zero-order valence-electron chi connectivity index (χ0n) is 11.2. The van der Waals surface area contributed by atoms with E-state index in [2.05, 4.69) is 10.6 Å². The van der Waals surface area contributed by atoms with Crippen molar-refractivity contribution < 1.29 is 13.2 Å². The van der Waals surface area contributed by atoms with Crippen LogP contribution in [-0.2, 0) is 14.6 Å². The van der Waals surface area contributed by atoms with E-state index in [1.54, 1.807) is 20.8 Å². The van der Waals surface area contributed by atoms with E-state index in [0.717, 1.165) is 19.4 Å². The van der Waals surface area contributed by atoms with Gasteiger partial charge in [-0.2, -0.15) is 0 Å². The van der Waals surface area contributed by atoms with Crippen molar-refractivity contribution in [1.82, 2.24) is 10.6 Å². The average molecular weight is 299 g/mol. The minimum atomic E-state index is -3.15. The van der Waals surface area contributed by atoms with Crippen LogP contribution >= 0.6 is 12.4 Å². The van der Waals surface area contributed by atoms with Gasteiger partial charge in [0.1, 0.15) is 0 Å². The predicted molar refractivity (Wildman–Crippen MR) is 74.8 cm³/mol. The van der Waals surface area contributed by atoms with Gasteiger partial charge in [0, 0.05) is 6.54 Å². The lowest BCUT2D eigenvalue weighted by molar-refractivity contribution is -0.122. The predicted octanol–water partition coefficient (Wildman–Crippen LogP) is 0.490. The normalized spacial score (nSPS) is 20.3. The first kappa shape index (κ1) is 17.7. The fourth-order valence-corrected chi connectivity index (χ4v) is 2.63. The van der Waals surface area contributed by atoms with Crippen molar-refractivity contribution in [3.8, 4) is 0 Å². The van der Waals surface area contributed by atoms with Gasteiger partial charge in [0.15, 0.2) is 9.84 Å². The first-order chi connectivity index (χ1) is 7.74. The molecule has 5 nitrogen and oxygen atoms in total.